The van der Waals surface area contributed by atoms with E-state index in [4.69, 9.17) is 0 Å². The monoisotopic (exact) mass is 807 g/mol. The van der Waals surface area contributed by atoms with Crippen LogP contribution in [0.5, 0.6) is 0 Å². The fourth-order valence-corrected chi connectivity index (χ4v) is 11.7. The van der Waals surface area contributed by atoms with Gasteiger partial charge >= 0.3 is 0 Å². The van der Waals surface area contributed by atoms with Gasteiger partial charge in [-0.15, -0.1) is 0 Å². The summed E-state index contributed by atoms with van der Waals surface area (Å²) >= 11 is 0. The van der Waals surface area contributed by atoms with E-state index < -0.39 is 0 Å². The summed E-state index contributed by atoms with van der Waals surface area (Å²) in [6.07, 6.45) is 4.92. The van der Waals surface area contributed by atoms with Crippen molar-refractivity contribution in [2.24, 2.45) is 0 Å². The maximum atomic E-state index is 2.55. The van der Waals surface area contributed by atoms with Crippen LogP contribution in [0, 0.1) is 0 Å². The third kappa shape index (κ3) is 5.98. The quantitative estimate of drug-likeness (QED) is 0.155. The van der Waals surface area contributed by atoms with Crippen molar-refractivity contribution in [3.05, 3.63) is 235 Å². The zero-order chi connectivity index (χ0) is 42.1. The van der Waals surface area contributed by atoms with Gasteiger partial charge in [0, 0.05) is 27.9 Å². The van der Waals surface area contributed by atoms with Crippen molar-refractivity contribution in [1.29, 1.82) is 0 Å². The number of hydrogen-bond donors (Lipinski definition) is 0. The van der Waals surface area contributed by atoms with Gasteiger partial charge in [0.15, 0.2) is 0 Å². The van der Waals surface area contributed by atoms with E-state index in [2.05, 4.69) is 231 Å². The molecule has 1 heteroatoms. The first-order chi connectivity index (χ1) is 31.0. The van der Waals surface area contributed by atoms with E-state index >= 15 is 0 Å². The molecule has 0 heterocycles. The zero-order valence-electron chi connectivity index (χ0n) is 36.0. The predicted molar refractivity (Wildman–Crippen MR) is 265 cm³/mol. The van der Waals surface area contributed by atoms with E-state index in [-0.39, 0.29) is 10.8 Å². The van der Waals surface area contributed by atoms with Crippen LogP contribution < -0.4 is 4.90 Å². The molecular formula is C62H49N. The maximum absolute atomic E-state index is 2.55. The summed E-state index contributed by atoms with van der Waals surface area (Å²) in [4.78, 5) is 2.52. The number of fused-ring (bicyclic) bond motifs is 8. The number of benzene rings is 9. The highest BCUT2D eigenvalue weighted by Gasteiger charge is 2.45. The van der Waals surface area contributed by atoms with Crippen LogP contribution in [0.3, 0.4) is 0 Å². The Morgan fingerprint density at radius 1 is 0.317 bits per heavy atom. The molecule has 1 fully saturated rings. The zero-order valence-corrected chi connectivity index (χ0v) is 36.0. The predicted octanol–water partition coefficient (Wildman–Crippen LogP) is 17.0. The Labute approximate surface area is 372 Å². The van der Waals surface area contributed by atoms with E-state index in [0.717, 1.165) is 11.4 Å². The van der Waals surface area contributed by atoms with Gasteiger partial charge in [-0.1, -0.05) is 203 Å². The van der Waals surface area contributed by atoms with Crippen molar-refractivity contribution >= 4 is 17.1 Å². The van der Waals surface area contributed by atoms with Crippen molar-refractivity contribution in [3.8, 4) is 66.8 Å². The van der Waals surface area contributed by atoms with Crippen LogP contribution in [0.15, 0.2) is 212 Å². The number of rotatable bonds is 7. The lowest BCUT2D eigenvalue weighted by Crippen LogP contribution is -2.21. The minimum atomic E-state index is -0.123. The second-order valence-corrected chi connectivity index (χ2v) is 18.4. The lowest BCUT2D eigenvalue weighted by Gasteiger charge is -2.31. The molecule has 0 aromatic heterocycles. The third-order valence-electron chi connectivity index (χ3n) is 14.6. The topological polar surface area (TPSA) is 3.24 Å². The Morgan fingerprint density at radius 3 is 1.56 bits per heavy atom. The van der Waals surface area contributed by atoms with Crippen LogP contribution >= 0.6 is 0 Å². The van der Waals surface area contributed by atoms with Crippen LogP contribution in [0.4, 0.5) is 17.1 Å². The molecule has 12 rings (SSSR count). The van der Waals surface area contributed by atoms with Gasteiger partial charge in [-0.2, -0.15) is 0 Å². The second kappa shape index (κ2) is 14.7. The molecular weight excluding hydrogens is 759 g/mol. The molecule has 0 saturated heterocycles. The Kier molecular flexibility index (Phi) is 8.76. The molecule has 0 aliphatic heterocycles. The molecule has 0 amide bonds. The molecule has 3 aliphatic rings. The number of nitrogens with zero attached hydrogens (tertiary/aromatic N) is 1. The summed E-state index contributed by atoms with van der Waals surface area (Å²) in [7, 11) is 0. The van der Waals surface area contributed by atoms with Gasteiger partial charge in [0.1, 0.15) is 0 Å². The largest absolute Gasteiger partial charge is 0.310 e. The summed E-state index contributed by atoms with van der Waals surface area (Å²) in [6, 6.07) is 79.4. The van der Waals surface area contributed by atoms with Crippen molar-refractivity contribution in [1.82, 2.24) is 0 Å². The summed E-state index contributed by atoms with van der Waals surface area (Å²) in [5.41, 5.74) is 24.5. The van der Waals surface area contributed by atoms with Crippen molar-refractivity contribution in [2.45, 2.75) is 50.4 Å². The summed E-state index contributed by atoms with van der Waals surface area (Å²) < 4.78 is 0. The van der Waals surface area contributed by atoms with E-state index in [1.807, 2.05) is 0 Å². The molecule has 0 atom stereocenters. The molecule has 63 heavy (non-hydrogen) atoms. The number of anilines is 3. The van der Waals surface area contributed by atoms with Gasteiger partial charge in [-0.3, -0.25) is 0 Å². The fourth-order valence-electron chi connectivity index (χ4n) is 11.7. The molecule has 0 radical (unpaired) electrons. The summed E-state index contributed by atoms with van der Waals surface area (Å²) in [5.74, 6) is 0. The van der Waals surface area contributed by atoms with Crippen molar-refractivity contribution in [2.75, 3.05) is 4.90 Å². The van der Waals surface area contributed by atoms with E-state index in [9.17, 15) is 0 Å². The lowest BCUT2D eigenvalue weighted by molar-refractivity contribution is 0.550. The first kappa shape index (κ1) is 37.5. The highest BCUT2D eigenvalue weighted by molar-refractivity contribution is 5.93. The molecule has 302 valence electrons. The van der Waals surface area contributed by atoms with Crippen LogP contribution in [0.1, 0.15) is 61.8 Å². The molecule has 0 unspecified atom stereocenters. The van der Waals surface area contributed by atoms with Gasteiger partial charge in [-0.25, -0.2) is 0 Å². The van der Waals surface area contributed by atoms with Gasteiger partial charge in [0.25, 0.3) is 0 Å². The molecule has 1 nitrogen and oxygen atoms in total. The highest BCUT2D eigenvalue weighted by atomic mass is 15.1. The highest BCUT2D eigenvalue weighted by Crippen LogP contribution is 2.58. The first-order valence-electron chi connectivity index (χ1n) is 22.7. The molecule has 3 aliphatic carbocycles. The van der Waals surface area contributed by atoms with Gasteiger partial charge in [0.2, 0.25) is 0 Å². The van der Waals surface area contributed by atoms with Gasteiger partial charge in [0.05, 0.1) is 0 Å². The summed E-state index contributed by atoms with van der Waals surface area (Å²) in [6.45, 7) is 4.78. The normalized spacial score (nSPS) is 14.8. The van der Waals surface area contributed by atoms with Crippen LogP contribution in [0.2, 0.25) is 0 Å². The number of hydrogen-bond acceptors (Lipinski definition) is 1. The van der Waals surface area contributed by atoms with Crippen LogP contribution in [-0.2, 0) is 10.8 Å². The second-order valence-electron chi connectivity index (χ2n) is 18.4. The third-order valence-corrected chi connectivity index (χ3v) is 14.6. The molecule has 9 aromatic rings. The van der Waals surface area contributed by atoms with E-state index in [1.54, 1.807) is 0 Å². The van der Waals surface area contributed by atoms with Crippen LogP contribution in [-0.4, -0.2) is 0 Å². The smallest absolute Gasteiger partial charge is 0.0468 e. The van der Waals surface area contributed by atoms with Gasteiger partial charge < -0.3 is 4.90 Å². The van der Waals surface area contributed by atoms with Crippen molar-refractivity contribution in [3.63, 3.8) is 0 Å². The van der Waals surface area contributed by atoms with Crippen LogP contribution in [0.25, 0.3) is 66.8 Å². The van der Waals surface area contributed by atoms with Crippen molar-refractivity contribution < 1.29 is 0 Å². The molecule has 0 N–H and O–H groups in total. The summed E-state index contributed by atoms with van der Waals surface area (Å²) in [5, 5.41) is 0. The molecule has 1 saturated carbocycles. The fraction of sp³-hybridized carbons (Fsp3) is 0.129. The average Bonchev–Trinajstić information content (AvgIpc) is 4.02. The minimum absolute atomic E-state index is 0.0611. The van der Waals surface area contributed by atoms with E-state index in [0.29, 0.717) is 0 Å². The van der Waals surface area contributed by atoms with Gasteiger partial charge in [-0.05, 0) is 138 Å². The average molecular weight is 808 g/mol. The Balaban J connectivity index is 1.05. The Bertz CT molecular complexity index is 3190. The lowest BCUT2D eigenvalue weighted by atomic mass is 9.76. The standard InChI is InChI=1S/C62H49N/c1-61(2)57-27-11-9-24-53(57)55-26-16-25-51(60(55)61)46-21-15-22-47(39-46)63(49-34-36-54-52-23-10-12-28-58(52)62(59(54)41-49)37-13-14-38-62)48-33-35-50(56(40-48)44-19-7-4-8-20-44)45-31-29-43(30-32-45)42-17-5-3-6-18-42/h3-12,15-36,39-41H,13-14,37-38H2,1-2H3. The SMILES string of the molecule is CC1(C)c2ccccc2-c2cccc(-c3cccc(N(c4ccc(-c5ccc(-c6ccccc6)cc5)c(-c5ccccc5)c4)c4ccc5c(c4)C4(CCCC4)c4ccccc4-5)c3)c21. The van der Waals surface area contributed by atoms with E-state index in [1.165, 1.54) is 120 Å². The Morgan fingerprint density at radius 2 is 0.810 bits per heavy atom. The first-order valence-corrected chi connectivity index (χ1v) is 22.7. The Hall–Kier alpha value is -7.22. The molecule has 9 aromatic carbocycles. The maximum Gasteiger partial charge on any atom is 0.0468 e. The molecule has 0 bridgehead atoms. The molecule has 1 spiro atoms. The minimum Gasteiger partial charge on any atom is -0.310 e.